The molecule has 5 nitrogen and oxygen atoms in total. The van der Waals surface area contributed by atoms with Gasteiger partial charge in [0.15, 0.2) is 10.6 Å². The lowest BCUT2D eigenvalue weighted by molar-refractivity contribution is 0.296. The minimum atomic E-state index is 0.289. The SMILES string of the molecule is S=c1[nH]nc(COc2cccc3cccnc23)n1-c1ccccc1. The first kappa shape index (κ1) is 14.6. The van der Waals surface area contributed by atoms with Gasteiger partial charge < -0.3 is 4.74 Å². The number of para-hydroxylation sites is 2. The molecule has 0 saturated heterocycles. The molecule has 0 atom stereocenters. The molecule has 0 radical (unpaired) electrons. The van der Waals surface area contributed by atoms with Crippen LogP contribution in [0.2, 0.25) is 0 Å². The molecule has 4 aromatic rings. The predicted octanol–water partition coefficient (Wildman–Crippen LogP) is 4.06. The zero-order valence-corrected chi connectivity index (χ0v) is 13.5. The van der Waals surface area contributed by atoms with E-state index in [2.05, 4.69) is 15.2 Å². The van der Waals surface area contributed by atoms with E-state index in [4.69, 9.17) is 17.0 Å². The highest BCUT2D eigenvalue weighted by Gasteiger charge is 2.10. The third-order valence-electron chi connectivity index (χ3n) is 3.71. The lowest BCUT2D eigenvalue weighted by Gasteiger charge is -2.10. The average molecular weight is 334 g/mol. The average Bonchev–Trinajstić information content (AvgIpc) is 3.01. The van der Waals surface area contributed by atoms with E-state index < -0.39 is 0 Å². The summed E-state index contributed by atoms with van der Waals surface area (Å²) in [7, 11) is 0. The fourth-order valence-corrected chi connectivity index (χ4v) is 2.86. The van der Waals surface area contributed by atoms with Gasteiger partial charge in [-0.05, 0) is 36.5 Å². The van der Waals surface area contributed by atoms with Gasteiger partial charge in [0.2, 0.25) is 0 Å². The largest absolute Gasteiger partial charge is 0.483 e. The van der Waals surface area contributed by atoms with Crippen LogP contribution in [0.15, 0.2) is 66.9 Å². The molecular weight excluding hydrogens is 320 g/mol. The van der Waals surface area contributed by atoms with Crippen LogP contribution >= 0.6 is 12.2 Å². The molecule has 2 aromatic heterocycles. The summed E-state index contributed by atoms with van der Waals surface area (Å²) in [5, 5.41) is 8.16. The van der Waals surface area contributed by atoms with Gasteiger partial charge in [0.1, 0.15) is 17.9 Å². The molecule has 118 valence electrons. The van der Waals surface area contributed by atoms with Gasteiger partial charge >= 0.3 is 0 Å². The zero-order chi connectivity index (χ0) is 16.4. The molecule has 0 spiro atoms. The topological polar surface area (TPSA) is 55.7 Å². The van der Waals surface area contributed by atoms with E-state index in [0.29, 0.717) is 10.6 Å². The summed E-state index contributed by atoms with van der Waals surface area (Å²) in [5.41, 5.74) is 1.78. The van der Waals surface area contributed by atoms with E-state index in [1.807, 2.05) is 65.2 Å². The summed E-state index contributed by atoms with van der Waals surface area (Å²) < 4.78 is 8.38. The first-order valence-electron chi connectivity index (χ1n) is 7.51. The summed E-state index contributed by atoms with van der Waals surface area (Å²) in [4.78, 5) is 4.40. The van der Waals surface area contributed by atoms with Gasteiger partial charge in [-0.2, -0.15) is 5.10 Å². The van der Waals surface area contributed by atoms with Crippen LogP contribution in [0.1, 0.15) is 5.82 Å². The lowest BCUT2D eigenvalue weighted by Crippen LogP contribution is -2.06. The Morgan fingerprint density at radius 1 is 1.00 bits per heavy atom. The Kier molecular flexibility index (Phi) is 3.80. The van der Waals surface area contributed by atoms with Crippen molar-refractivity contribution in [3.05, 3.63) is 77.5 Å². The molecule has 0 aliphatic carbocycles. The number of nitrogens with zero attached hydrogens (tertiary/aromatic N) is 3. The Labute approximate surface area is 143 Å². The highest BCUT2D eigenvalue weighted by molar-refractivity contribution is 7.71. The van der Waals surface area contributed by atoms with Crippen LogP contribution in [0.3, 0.4) is 0 Å². The molecule has 6 heteroatoms. The van der Waals surface area contributed by atoms with Crippen molar-refractivity contribution in [1.82, 2.24) is 19.7 Å². The Morgan fingerprint density at radius 2 is 1.83 bits per heavy atom. The monoisotopic (exact) mass is 334 g/mol. The van der Waals surface area contributed by atoms with Gasteiger partial charge in [0.05, 0.1) is 0 Å². The van der Waals surface area contributed by atoms with Crippen molar-refractivity contribution in [2.24, 2.45) is 0 Å². The third-order valence-corrected chi connectivity index (χ3v) is 3.98. The van der Waals surface area contributed by atoms with E-state index in [1.54, 1.807) is 6.20 Å². The highest BCUT2D eigenvalue weighted by Crippen LogP contribution is 2.24. The molecular formula is C18H14N4OS. The second kappa shape index (κ2) is 6.25. The Hall–Kier alpha value is -2.99. The van der Waals surface area contributed by atoms with Gasteiger partial charge in [0, 0.05) is 17.3 Å². The summed E-state index contributed by atoms with van der Waals surface area (Å²) in [6.45, 7) is 0.289. The van der Waals surface area contributed by atoms with Crippen LogP contribution in [0.5, 0.6) is 5.75 Å². The maximum absolute atomic E-state index is 5.97. The van der Waals surface area contributed by atoms with Gasteiger partial charge in [-0.3, -0.25) is 14.6 Å². The third kappa shape index (κ3) is 2.68. The summed E-state index contributed by atoms with van der Waals surface area (Å²) >= 11 is 5.34. The van der Waals surface area contributed by atoms with Crippen LogP contribution in [-0.4, -0.2) is 19.7 Å². The maximum atomic E-state index is 5.97. The van der Waals surface area contributed by atoms with Crippen molar-refractivity contribution in [3.63, 3.8) is 0 Å². The second-order valence-electron chi connectivity index (χ2n) is 5.24. The standard InChI is InChI=1S/C18H14N4OS/c24-18-21-20-16(22(18)14-8-2-1-3-9-14)12-23-15-10-4-6-13-7-5-11-19-17(13)15/h1-11H,12H2,(H,21,24). The highest BCUT2D eigenvalue weighted by atomic mass is 32.1. The molecule has 0 aliphatic rings. The van der Waals surface area contributed by atoms with Crippen molar-refractivity contribution in [2.45, 2.75) is 6.61 Å². The number of ether oxygens (including phenoxy) is 1. The lowest BCUT2D eigenvalue weighted by atomic mass is 10.2. The fourth-order valence-electron chi connectivity index (χ4n) is 2.60. The Bertz CT molecular complexity index is 1030. The molecule has 0 saturated carbocycles. The van der Waals surface area contributed by atoms with E-state index >= 15 is 0 Å². The van der Waals surface area contributed by atoms with Crippen molar-refractivity contribution < 1.29 is 4.74 Å². The van der Waals surface area contributed by atoms with Crippen molar-refractivity contribution in [3.8, 4) is 11.4 Å². The van der Waals surface area contributed by atoms with Crippen molar-refractivity contribution >= 4 is 23.1 Å². The van der Waals surface area contributed by atoms with Crippen LogP contribution in [0, 0.1) is 4.77 Å². The number of fused-ring (bicyclic) bond motifs is 1. The number of pyridine rings is 1. The fraction of sp³-hybridized carbons (Fsp3) is 0.0556. The van der Waals surface area contributed by atoms with Crippen molar-refractivity contribution in [1.29, 1.82) is 0 Å². The van der Waals surface area contributed by atoms with Gasteiger partial charge in [0.25, 0.3) is 0 Å². The van der Waals surface area contributed by atoms with E-state index in [1.165, 1.54) is 0 Å². The Morgan fingerprint density at radius 3 is 2.71 bits per heavy atom. The van der Waals surface area contributed by atoms with Crippen LogP contribution in [0.25, 0.3) is 16.6 Å². The first-order chi connectivity index (χ1) is 11.8. The van der Waals surface area contributed by atoms with Crippen LogP contribution in [0.4, 0.5) is 0 Å². The van der Waals surface area contributed by atoms with Crippen molar-refractivity contribution in [2.75, 3.05) is 0 Å². The van der Waals surface area contributed by atoms with Gasteiger partial charge in [-0.15, -0.1) is 0 Å². The minimum absolute atomic E-state index is 0.289. The molecule has 2 heterocycles. The van der Waals surface area contributed by atoms with Gasteiger partial charge in [-0.1, -0.05) is 36.4 Å². The number of rotatable bonds is 4. The first-order valence-corrected chi connectivity index (χ1v) is 7.92. The van der Waals surface area contributed by atoms with Gasteiger partial charge in [-0.25, -0.2) is 0 Å². The summed E-state index contributed by atoms with van der Waals surface area (Å²) in [6, 6.07) is 19.6. The molecule has 4 rings (SSSR count). The molecule has 0 bridgehead atoms. The summed E-state index contributed by atoms with van der Waals surface area (Å²) in [5.74, 6) is 1.43. The molecule has 2 aromatic carbocycles. The zero-order valence-electron chi connectivity index (χ0n) is 12.7. The number of hydrogen-bond acceptors (Lipinski definition) is 4. The molecule has 24 heavy (non-hydrogen) atoms. The number of nitrogens with one attached hydrogen (secondary N) is 1. The van der Waals surface area contributed by atoms with Crippen LogP contribution < -0.4 is 4.74 Å². The number of H-pyrrole nitrogens is 1. The number of hydrogen-bond donors (Lipinski definition) is 1. The predicted molar refractivity (Wildman–Crippen MR) is 94.8 cm³/mol. The smallest absolute Gasteiger partial charge is 0.199 e. The Balaban J connectivity index is 1.67. The number of aromatic amines is 1. The second-order valence-corrected chi connectivity index (χ2v) is 5.62. The minimum Gasteiger partial charge on any atom is -0.483 e. The molecule has 0 amide bonds. The number of benzene rings is 2. The molecule has 0 fully saturated rings. The van der Waals surface area contributed by atoms with E-state index in [9.17, 15) is 0 Å². The van der Waals surface area contributed by atoms with E-state index in [-0.39, 0.29) is 6.61 Å². The molecule has 0 unspecified atom stereocenters. The van der Waals surface area contributed by atoms with Crippen LogP contribution in [-0.2, 0) is 6.61 Å². The number of aromatic nitrogens is 4. The maximum Gasteiger partial charge on any atom is 0.199 e. The normalized spacial score (nSPS) is 10.8. The molecule has 1 N–H and O–H groups in total. The summed E-state index contributed by atoms with van der Waals surface area (Å²) in [6.07, 6.45) is 1.76. The molecule has 0 aliphatic heterocycles. The quantitative estimate of drug-likeness (QED) is 0.572. The van der Waals surface area contributed by atoms with E-state index in [0.717, 1.165) is 22.3 Å².